The third-order valence-electron chi connectivity index (χ3n) is 13.3. The second kappa shape index (κ2) is 14.7. The van der Waals surface area contributed by atoms with Crippen LogP contribution in [0.2, 0.25) is 0 Å². The summed E-state index contributed by atoms with van der Waals surface area (Å²) in [4.78, 5) is 16.6. The van der Waals surface area contributed by atoms with Gasteiger partial charge in [0.2, 0.25) is 0 Å². The summed E-state index contributed by atoms with van der Waals surface area (Å²) in [5.74, 6) is 1.73. The Labute approximate surface area is 384 Å². The molecule has 0 saturated carbocycles. The summed E-state index contributed by atoms with van der Waals surface area (Å²) < 4.78 is 11.4. The molecule has 0 radical (unpaired) electrons. The van der Waals surface area contributed by atoms with Crippen LogP contribution in [0.5, 0.6) is 0 Å². The van der Waals surface area contributed by atoms with Crippen LogP contribution in [-0.4, -0.2) is 24.1 Å². The first-order valence-electron chi connectivity index (χ1n) is 22.6. The Kier molecular flexibility index (Phi) is 8.18. The highest BCUT2D eigenvalue weighted by atomic mass is 16.3. The molecule has 6 nitrogen and oxygen atoms in total. The Morgan fingerprint density at radius 1 is 0.313 bits per heavy atom. The highest BCUT2D eigenvalue weighted by Gasteiger charge is 2.24. The Bertz CT molecular complexity index is 4280. The first-order chi connectivity index (χ1) is 33.2. The number of furan rings is 1. The standard InChI is InChI=1S/C61H37N5O/c1-3-17-38(18-4-1)39-21-15-22-42(33-39)59-62-60(47-28-16-31-53-58(47)46-27-10-13-30-52(46)65(53)43-23-5-2-6-24-43)64-61(63-59)50-36-49-45-26-11-14-32-56(45)67-57(49)37-55(50)66-51-29-12-9-25-44(51)48-34-40-19-7-8-20-41(40)35-54(48)66/h1-37H. The molecule has 0 aliphatic carbocycles. The van der Waals surface area contributed by atoms with Gasteiger partial charge >= 0.3 is 0 Å². The SMILES string of the molecule is c1ccc(-c2cccc(-c3nc(-c4cc5c(cc4-n4c6ccccc6c6cc7ccccc7cc64)oc4ccccc45)nc(-c4cccc5c4c4ccccc4n5-c4ccccc4)n3)c2)cc1. The zero-order valence-corrected chi connectivity index (χ0v) is 36.0. The van der Waals surface area contributed by atoms with Crippen molar-refractivity contribution >= 4 is 76.3 Å². The van der Waals surface area contributed by atoms with Crippen LogP contribution in [0.1, 0.15) is 0 Å². The molecular formula is C61H37N5O. The van der Waals surface area contributed by atoms with E-state index in [0.29, 0.717) is 17.5 Å². The van der Waals surface area contributed by atoms with Crippen LogP contribution < -0.4 is 0 Å². The fourth-order valence-electron chi connectivity index (χ4n) is 10.3. The monoisotopic (exact) mass is 855 g/mol. The van der Waals surface area contributed by atoms with Crippen molar-refractivity contribution in [2.24, 2.45) is 0 Å². The molecule has 4 aromatic heterocycles. The summed E-state index contributed by atoms with van der Waals surface area (Å²) in [7, 11) is 0. The average molecular weight is 856 g/mol. The Balaban J connectivity index is 1.10. The minimum Gasteiger partial charge on any atom is -0.456 e. The Morgan fingerprint density at radius 2 is 0.910 bits per heavy atom. The summed E-state index contributed by atoms with van der Waals surface area (Å²) in [5, 5.41) is 8.90. The summed E-state index contributed by atoms with van der Waals surface area (Å²) in [6.07, 6.45) is 0. The van der Waals surface area contributed by atoms with Gasteiger partial charge in [-0.3, -0.25) is 0 Å². The van der Waals surface area contributed by atoms with Gasteiger partial charge < -0.3 is 13.6 Å². The zero-order chi connectivity index (χ0) is 44.0. The molecule has 4 heterocycles. The molecule has 14 aromatic rings. The highest BCUT2D eigenvalue weighted by Crippen LogP contribution is 2.43. The quantitative estimate of drug-likeness (QED) is 0.167. The van der Waals surface area contributed by atoms with Gasteiger partial charge in [-0.25, -0.2) is 15.0 Å². The van der Waals surface area contributed by atoms with Crippen LogP contribution in [-0.2, 0) is 0 Å². The summed E-state index contributed by atoms with van der Waals surface area (Å²) in [6.45, 7) is 0. The predicted octanol–water partition coefficient (Wildman–Crippen LogP) is 15.8. The van der Waals surface area contributed by atoms with E-state index in [0.717, 1.165) is 105 Å². The summed E-state index contributed by atoms with van der Waals surface area (Å²) in [5.41, 5.74) is 12.8. The lowest BCUT2D eigenvalue weighted by molar-refractivity contribution is 0.668. The van der Waals surface area contributed by atoms with Crippen molar-refractivity contribution in [3.8, 4) is 56.7 Å². The fourth-order valence-corrected chi connectivity index (χ4v) is 10.3. The number of aromatic nitrogens is 5. The lowest BCUT2D eigenvalue weighted by Gasteiger charge is -2.16. The smallest absolute Gasteiger partial charge is 0.166 e. The van der Waals surface area contributed by atoms with Crippen molar-refractivity contribution in [2.75, 3.05) is 0 Å². The molecule has 0 fully saturated rings. The molecule has 0 bridgehead atoms. The summed E-state index contributed by atoms with van der Waals surface area (Å²) >= 11 is 0. The Morgan fingerprint density at radius 3 is 1.73 bits per heavy atom. The van der Waals surface area contributed by atoms with Crippen molar-refractivity contribution in [3.05, 3.63) is 224 Å². The van der Waals surface area contributed by atoms with Crippen molar-refractivity contribution in [2.45, 2.75) is 0 Å². The molecule has 0 spiro atoms. The molecule has 0 atom stereocenters. The molecule has 0 saturated heterocycles. The number of benzene rings is 10. The van der Waals surface area contributed by atoms with E-state index >= 15 is 0 Å². The molecule has 6 heteroatoms. The van der Waals surface area contributed by atoms with Crippen LogP contribution in [0.3, 0.4) is 0 Å². The zero-order valence-electron chi connectivity index (χ0n) is 36.0. The molecule has 0 aliphatic heterocycles. The topological polar surface area (TPSA) is 61.7 Å². The molecular weight excluding hydrogens is 819 g/mol. The van der Waals surface area contributed by atoms with E-state index in [1.54, 1.807) is 0 Å². The Hall–Kier alpha value is -9.13. The van der Waals surface area contributed by atoms with E-state index in [9.17, 15) is 0 Å². The third-order valence-corrected chi connectivity index (χ3v) is 13.3. The van der Waals surface area contributed by atoms with Gasteiger partial charge in [-0.05, 0) is 82.6 Å². The average Bonchev–Trinajstić information content (AvgIpc) is 4.05. The van der Waals surface area contributed by atoms with Gasteiger partial charge in [0.25, 0.3) is 0 Å². The number of hydrogen-bond donors (Lipinski definition) is 0. The third kappa shape index (κ3) is 5.86. The van der Waals surface area contributed by atoms with E-state index in [1.165, 1.54) is 10.8 Å². The van der Waals surface area contributed by atoms with Gasteiger partial charge in [0, 0.05) is 60.8 Å². The van der Waals surface area contributed by atoms with Gasteiger partial charge in [-0.15, -0.1) is 0 Å². The second-order valence-corrected chi connectivity index (χ2v) is 17.2. The molecule has 0 aliphatic rings. The van der Waals surface area contributed by atoms with Crippen LogP contribution in [0.15, 0.2) is 229 Å². The lowest BCUT2D eigenvalue weighted by Crippen LogP contribution is -2.04. The van der Waals surface area contributed by atoms with Gasteiger partial charge in [0.1, 0.15) is 11.2 Å². The van der Waals surface area contributed by atoms with Gasteiger partial charge in [-0.1, -0.05) is 158 Å². The largest absolute Gasteiger partial charge is 0.456 e. The maximum absolute atomic E-state index is 6.68. The van der Waals surface area contributed by atoms with Crippen LogP contribution >= 0.6 is 0 Å². The lowest BCUT2D eigenvalue weighted by atomic mass is 10.0. The molecule has 67 heavy (non-hydrogen) atoms. The number of para-hydroxylation sites is 4. The van der Waals surface area contributed by atoms with Crippen LogP contribution in [0.4, 0.5) is 0 Å². The molecule has 0 N–H and O–H groups in total. The summed E-state index contributed by atoms with van der Waals surface area (Å²) in [6, 6.07) is 79.1. The van der Waals surface area contributed by atoms with Gasteiger partial charge in [-0.2, -0.15) is 0 Å². The molecule has 0 unspecified atom stereocenters. The number of fused-ring (bicyclic) bond motifs is 10. The maximum atomic E-state index is 6.68. The first-order valence-corrected chi connectivity index (χ1v) is 22.6. The van der Waals surface area contributed by atoms with E-state index in [4.69, 9.17) is 19.4 Å². The van der Waals surface area contributed by atoms with Crippen LogP contribution in [0.25, 0.3) is 133 Å². The minimum absolute atomic E-state index is 0.558. The second-order valence-electron chi connectivity index (χ2n) is 17.2. The first kappa shape index (κ1) is 37.3. The van der Waals surface area contributed by atoms with Gasteiger partial charge in [0.15, 0.2) is 17.5 Å². The predicted molar refractivity (Wildman–Crippen MR) is 275 cm³/mol. The minimum atomic E-state index is 0.558. The normalized spacial score (nSPS) is 11.9. The highest BCUT2D eigenvalue weighted by molar-refractivity contribution is 6.17. The van der Waals surface area contributed by atoms with E-state index in [1.807, 2.05) is 18.2 Å². The van der Waals surface area contributed by atoms with Gasteiger partial charge in [0.05, 0.1) is 27.8 Å². The fraction of sp³-hybridized carbons (Fsp3) is 0. The maximum Gasteiger partial charge on any atom is 0.166 e. The molecule has 312 valence electrons. The van der Waals surface area contributed by atoms with Crippen molar-refractivity contribution < 1.29 is 4.42 Å². The van der Waals surface area contributed by atoms with E-state index < -0.39 is 0 Å². The van der Waals surface area contributed by atoms with E-state index in [2.05, 4.69) is 215 Å². The molecule has 10 aromatic carbocycles. The number of nitrogens with zero attached hydrogens (tertiary/aromatic N) is 5. The molecule has 0 amide bonds. The van der Waals surface area contributed by atoms with Crippen molar-refractivity contribution in [1.29, 1.82) is 0 Å². The number of rotatable bonds is 6. The number of hydrogen-bond acceptors (Lipinski definition) is 4. The van der Waals surface area contributed by atoms with Crippen molar-refractivity contribution in [3.63, 3.8) is 0 Å². The van der Waals surface area contributed by atoms with E-state index in [-0.39, 0.29) is 0 Å². The van der Waals surface area contributed by atoms with Crippen LogP contribution in [0, 0.1) is 0 Å². The van der Waals surface area contributed by atoms with Crippen molar-refractivity contribution in [1.82, 2.24) is 24.1 Å². The molecule has 14 rings (SSSR count).